The van der Waals surface area contributed by atoms with Crippen LogP contribution in [0.3, 0.4) is 0 Å². The molecule has 1 fully saturated rings. The first-order valence-electron chi connectivity index (χ1n) is 6.93. The molecule has 1 aliphatic rings. The molecular formula is C16H20N2O. The fourth-order valence-electron chi connectivity index (χ4n) is 2.67. The number of rotatable bonds is 4. The fraction of sp³-hybridized carbons (Fsp3) is 0.438. The maximum absolute atomic E-state index is 9.44. The largest absolute Gasteiger partial charge is 0.394 e. The summed E-state index contributed by atoms with van der Waals surface area (Å²) >= 11 is 0. The third kappa shape index (κ3) is 2.48. The highest BCUT2D eigenvalue weighted by Crippen LogP contribution is 2.31. The molecule has 19 heavy (non-hydrogen) atoms. The number of hydrogen-bond acceptors (Lipinski definition) is 3. The van der Waals surface area contributed by atoms with Crippen LogP contribution in [-0.4, -0.2) is 22.2 Å². The van der Waals surface area contributed by atoms with E-state index in [1.54, 1.807) is 0 Å². The minimum absolute atomic E-state index is 0.0273. The zero-order chi connectivity index (χ0) is 13.3. The van der Waals surface area contributed by atoms with Crippen molar-refractivity contribution in [1.82, 2.24) is 10.3 Å². The molecule has 1 heterocycles. The second kappa shape index (κ2) is 4.91. The predicted molar refractivity (Wildman–Crippen MR) is 77.0 cm³/mol. The molecule has 1 aromatic heterocycles. The second-order valence-electron chi connectivity index (χ2n) is 5.63. The number of benzene rings is 1. The van der Waals surface area contributed by atoms with Crippen LogP contribution in [0, 0.1) is 6.92 Å². The molecule has 1 aromatic carbocycles. The van der Waals surface area contributed by atoms with Gasteiger partial charge in [-0.15, -0.1) is 0 Å². The van der Waals surface area contributed by atoms with Gasteiger partial charge in [-0.25, -0.2) is 0 Å². The summed E-state index contributed by atoms with van der Waals surface area (Å²) in [4.78, 5) is 4.51. The first kappa shape index (κ1) is 12.6. The molecule has 3 heteroatoms. The highest BCUT2D eigenvalue weighted by Gasteiger charge is 2.35. The average Bonchev–Trinajstić information content (AvgIpc) is 2.38. The number of hydrogen-bond donors (Lipinski definition) is 2. The standard InChI is InChI=1S/C16H20N2O/c1-12-3-5-14-9-13(4-6-15(14)18-12)10-17-16(11-19)7-2-8-16/h3-6,9,17,19H,2,7-8,10-11H2,1H3. The molecule has 0 saturated heterocycles. The zero-order valence-corrected chi connectivity index (χ0v) is 11.3. The molecule has 100 valence electrons. The van der Waals surface area contributed by atoms with Gasteiger partial charge in [-0.1, -0.05) is 12.1 Å². The molecule has 0 radical (unpaired) electrons. The fourth-order valence-corrected chi connectivity index (χ4v) is 2.67. The number of nitrogens with zero attached hydrogens (tertiary/aromatic N) is 1. The molecule has 2 N–H and O–H groups in total. The van der Waals surface area contributed by atoms with Crippen LogP contribution in [-0.2, 0) is 6.54 Å². The Labute approximate surface area is 113 Å². The molecule has 3 rings (SSSR count). The maximum Gasteiger partial charge on any atom is 0.0705 e. The van der Waals surface area contributed by atoms with Crippen LogP contribution in [0.4, 0.5) is 0 Å². The van der Waals surface area contributed by atoms with E-state index in [-0.39, 0.29) is 12.1 Å². The average molecular weight is 256 g/mol. The van der Waals surface area contributed by atoms with Crippen LogP contribution >= 0.6 is 0 Å². The molecule has 0 amide bonds. The van der Waals surface area contributed by atoms with Gasteiger partial charge in [0.2, 0.25) is 0 Å². The Morgan fingerprint density at radius 1 is 1.26 bits per heavy atom. The monoisotopic (exact) mass is 256 g/mol. The van der Waals surface area contributed by atoms with Crippen LogP contribution in [0.2, 0.25) is 0 Å². The van der Waals surface area contributed by atoms with Gasteiger partial charge in [0, 0.05) is 23.2 Å². The van der Waals surface area contributed by atoms with Crippen LogP contribution < -0.4 is 5.32 Å². The molecule has 0 spiro atoms. The lowest BCUT2D eigenvalue weighted by atomic mass is 9.77. The van der Waals surface area contributed by atoms with E-state index in [1.165, 1.54) is 17.4 Å². The van der Waals surface area contributed by atoms with Crippen molar-refractivity contribution in [2.24, 2.45) is 0 Å². The van der Waals surface area contributed by atoms with E-state index < -0.39 is 0 Å². The number of aliphatic hydroxyl groups is 1. The zero-order valence-electron chi connectivity index (χ0n) is 11.3. The number of nitrogens with one attached hydrogen (secondary N) is 1. The molecule has 2 aromatic rings. The maximum atomic E-state index is 9.44. The topological polar surface area (TPSA) is 45.1 Å². The summed E-state index contributed by atoms with van der Waals surface area (Å²) in [5.41, 5.74) is 3.31. The summed E-state index contributed by atoms with van der Waals surface area (Å²) in [5, 5.41) is 14.1. The first-order chi connectivity index (χ1) is 9.21. The van der Waals surface area contributed by atoms with Crippen molar-refractivity contribution in [2.45, 2.75) is 38.3 Å². The number of fused-ring (bicyclic) bond motifs is 1. The van der Waals surface area contributed by atoms with Gasteiger partial charge < -0.3 is 10.4 Å². The number of pyridine rings is 1. The lowest BCUT2D eigenvalue weighted by Crippen LogP contribution is -2.53. The predicted octanol–water partition coefficient (Wildman–Crippen LogP) is 2.55. The molecular weight excluding hydrogens is 236 g/mol. The van der Waals surface area contributed by atoms with Crippen molar-refractivity contribution >= 4 is 10.9 Å². The quantitative estimate of drug-likeness (QED) is 0.883. The lowest BCUT2D eigenvalue weighted by Gasteiger charge is -2.41. The Balaban J connectivity index is 1.76. The van der Waals surface area contributed by atoms with Gasteiger partial charge in [-0.05, 0) is 49.9 Å². The third-order valence-corrected chi connectivity index (χ3v) is 4.17. The van der Waals surface area contributed by atoms with Crippen molar-refractivity contribution in [2.75, 3.05) is 6.61 Å². The summed E-state index contributed by atoms with van der Waals surface area (Å²) in [6, 6.07) is 10.5. The van der Waals surface area contributed by atoms with Gasteiger partial charge >= 0.3 is 0 Å². The summed E-state index contributed by atoms with van der Waals surface area (Å²) in [6.07, 6.45) is 3.38. The Hall–Kier alpha value is -1.45. The van der Waals surface area contributed by atoms with E-state index in [0.29, 0.717) is 0 Å². The van der Waals surface area contributed by atoms with Crippen molar-refractivity contribution < 1.29 is 5.11 Å². The van der Waals surface area contributed by atoms with Crippen molar-refractivity contribution in [1.29, 1.82) is 0 Å². The van der Waals surface area contributed by atoms with Crippen molar-refractivity contribution in [3.63, 3.8) is 0 Å². The Bertz CT molecular complexity index is 585. The Morgan fingerprint density at radius 3 is 2.79 bits per heavy atom. The van der Waals surface area contributed by atoms with E-state index in [2.05, 4.69) is 34.6 Å². The normalized spacial score (nSPS) is 17.4. The molecule has 0 atom stereocenters. The Morgan fingerprint density at radius 2 is 2.11 bits per heavy atom. The smallest absolute Gasteiger partial charge is 0.0705 e. The van der Waals surface area contributed by atoms with Gasteiger partial charge in [0.05, 0.1) is 12.1 Å². The highest BCUT2D eigenvalue weighted by molar-refractivity contribution is 5.79. The van der Waals surface area contributed by atoms with Crippen LogP contribution in [0.15, 0.2) is 30.3 Å². The molecule has 1 saturated carbocycles. The van der Waals surface area contributed by atoms with Gasteiger partial charge in [-0.2, -0.15) is 0 Å². The van der Waals surface area contributed by atoms with E-state index >= 15 is 0 Å². The second-order valence-corrected chi connectivity index (χ2v) is 5.63. The van der Waals surface area contributed by atoms with Gasteiger partial charge in [-0.3, -0.25) is 4.98 Å². The summed E-state index contributed by atoms with van der Waals surface area (Å²) in [5.74, 6) is 0. The highest BCUT2D eigenvalue weighted by atomic mass is 16.3. The molecule has 0 unspecified atom stereocenters. The van der Waals surface area contributed by atoms with Crippen molar-refractivity contribution in [3.05, 3.63) is 41.6 Å². The van der Waals surface area contributed by atoms with Gasteiger partial charge in [0.25, 0.3) is 0 Å². The molecule has 1 aliphatic carbocycles. The number of aryl methyl sites for hydroxylation is 1. The molecule has 0 aliphatic heterocycles. The van der Waals surface area contributed by atoms with E-state index in [4.69, 9.17) is 0 Å². The van der Waals surface area contributed by atoms with Crippen LogP contribution in [0.25, 0.3) is 10.9 Å². The Kier molecular flexibility index (Phi) is 3.25. The van der Waals surface area contributed by atoms with Gasteiger partial charge in [0.1, 0.15) is 0 Å². The van der Waals surface area contributed by atoms with Crippen LogP contribution in [0.1, 0.15) is 30.5 Å². The minimum Gasteiger partial charge on any atom is -0.394 e. The minimum atomic E-state index is -0.0273. The number of aliphatic hydroxyl groups excluding tert-OH is 1. The summed E-state index contributed by atoms with van der Waals surface area (Å²) in [6.45, 7) is 3.06. The van der Waals surface area contributed by atoms with Crippen molar-refractivity contribution in [3.8, 4) is 0 Å². The lowest BCUT2D eigenvalue weighted by molar-refractivity contribution is 0.0872. The number of aromatic nitrogens is 1. The summed E-state index contributed by atoms with van der Waals surface area (Å²) in [7, 11) is 0. The van der Waals surface area contributed by atoms with Gasteiger partial charge in [0.15, 0.2) is 0 Å². The van der Waals surface area contributed by atoms with E-state index in [1.807, 2.05) is 13.0 Å². The molecule has 3 nitrogen and oxygen atoms in total. The summed E-state index contributed by atoms with van der Waals surface area (Å²) < 4.78 is 0. The van der Waals surface area contributed by atoms with E-state index in [9.17, 15) is 5.11 Å². The SMILES string of the molecule is Cc1ccc2cc(CNC3(CO)CCC3)ccc2n1. The first-order valence-corrected chi connectivity index (χ1v) is 6.93. The molecule has 0 bridgehead atoms. The van der Waals surface area contributed by atoms with Crippen LogP contribution in [0.5, 0.6) is 0 Å². The van der Waals surface area contributed by atoms with E-state index in [0.717, 1.165) is 30.6 Å². The third-order valence-electron chi connectivity index (χ3n) is 4.17.